The van der Waals surface area contributed by atoms with Gasteiger partial charge in [-0.05, 0) is 30.5 Å². The first-order chi connectivity index (χ1) is 11.0. The molecule has 0 aromatic heterocycles. The molecule has 0 unspecified atom stereocenters. The number of carbonyl (C=O) groups is 2. The van der Waals surface area contributed by atoms with E-state index in [1.807, 2.05) is 0 Å². The Hall–Kier alpha value is -2.09. The first kappa shape index (κ1) is 18.3. The highest BCUT2D eigenvalue weighted by Gasteiger charge is 2.50. The van der Waals surface area contributed by atoms with E-state index in [1.165, 1.54) is 12.1 Å². The average molecular weight is 344 g/mol. The first-order valence-corrected chi connectivity index (χ1v) is 7.46. The number of aliphatic hydroxyl groups excluding tert-OH is 1. The molecule has 24 heavy (non-hydrogen) atoms. The predicted octanol–water partition coefficient (Wildman–Crippen LogP) is 2.71. The normalized spacial score (nSPS) is 22.9. The molecular weight excluding hydrogens is 325 g/mol. The lowest BCUT2D eigenvalue weighted by atomic mass is 9.88. The Morgan fingerprint density at radius 1 is 1.29 bits per heavy atom. The minimum absolute atomic E-state index is 0.0106. The number of amides is 3. The van der Waals surface area contributed by atoms with Crippen molar-refractivity contribution < 1.29 is 27.9 Å². The number of hydrogen-bond acceptors (Lipinski definition) is 3. The lowest BCUT2D eigenvalue weighted by Gasteiger charge is -2.26. The molecule has 2 N–H and O–H groups in total. The largest absolute Gasteiger partial charge is 0.416 e. The van der Waals surface area contributed by atoms with Crippen LogP contribution in [0, 0.1) is 5.92 Å². The molecule has 0 saturated carbocycles. The van der Waals surface area contributed by atoms with Gasteiger partial charge in [0.25, 0.3) is 5.91 Å². The van der Waals surface area contributed by atoms with Crippen LogP contribution >= 0.6 is 0 Å². The molecule has 1 fully saturated rings. The lowest BCUT2D eigenvalue weighted by molar-refractivity contribution is -0.138. The fourth-order valence-corrected chi connectivity index (χ4v) is 2.47. The van der Waals surface area contributed by atoms with Gasteiger partial charge in [-0.3, -0.25) is 9.69 Å². The molecule has 2 rings (SSSR count). The summed E-state index contributed by atoms with van der Waals surface area (Å²) in [5.41, 5.74) is -2.00. The monoisotopic (exact) mass is 344 g/mol. The Kier molecular flexibility index (Phi) is 4.63. The van der Waals surface area contributed by atoms with Crippen molar-refractivity contribution in [2.75, 3.05) is 6.54 Å². The highest BCUT2D eigenvalue weighted by molar-refractivity contribution is 6.07. The van der Waals surface area contributed by atoms with Crippen LogP contribution in [0.25, 0.3) is 0 Å². The molecular formula is C16H19F3N2O3. The SMILES string of the molecule is CC(C)[C@]1(C)NC(=O)N(C[C@@H](O)c2cccc(C(F)(F)F)c2)C1=O. The number of imide groups is 1. The van der Waals surface area contributed by atoms with E-state index in [0.717, 1.165) is 17.0 Å². The summed E-state index contributed by atoms with van der Waals surface area (Å²) in [6, 6.07) is 3.53. The molecule has 0 radical (unpaired) electrons. The molecule has 132 valence electrons. The second kappa shape index (κ2) is 6.08. The van der Waals surface area contributed by atoms with Gasteiger partial charge in [0.2, 0.25) is 0 Å². The third kappa shape index (κ3) is 3.24. The number of nitrogens with zero attached hydrogens (tertiary/aromatic N) is 1. The maximum atomic E-state index is 12.7. The van der Waals surface area contributed by atoms with Crippen molar-refractivity contribution in [3.8, 4) is 0 Å². The van der Waals surface area contributed by atoms with E-state index >= 15 is 0 Å². The zero-order chi connectivity index (χ0) is 18.3. The Bertz CT molecular complexity index is 660. The third-order valence-electron chi connectivity index (χ3n) is 4.41. The molecule has 0 spiro atoms. The number of rotatable bonds is 4. The Labute approximate surface area is 137 Å². The number of alkyl halides is 3. The molecule has 1 saturated heterocycles. The summed E-state index contributed by atoms with van der Waals surface area (Å²) in [5.74, 6) is -0.682. The summed E-state index contributed by atoms with van der Waals surface area (Å²) in [7, 11) is 0. The summed E-state index contributed by atoms with van der Waals surface area (Å²) < 4.78 is 38.2. The maximum Gasteiger partial charge on any atom is 0.416 e. The minimum atomic E-state index is -4.53. The standard InChI is InChI=1S/C16H19F3N2O3/c1-9(2)15(3)13(23)21(14(24)20-15)8-12(22)10-5-4-6-11(7-10)16(17,18)19/h4-7,9,12,22H,8H2,1-3H3,(H,20,24)/t12-,15+/m1/s1. The topological polar surface area (TPSA) is 69.6 Å². The number of β-amino-alcohol motifs (C(OH)–C–C–N with tert-alkyl or cyclic N) is 1. The summed E-state index contributed by atoms with van der Waals surface area (Å²) in [5, 5.41) is 12.7. The van der Waals surface area contributed by atoms with E-state index in [2.05, 4.69) is 5.32 Å². The van der Waals surface area contributed by atoms with Crippen molar-refractivity contribution in [2.45, 2.75) is 38.6 Å². The van der Waals surface area contributed by atoms with Crippen LogP contribution in [-0.4, -0.2) is 34.0 Å². The maximum absolute atomic E-state index is 12.7. The third-order valence-corrected chi connectivity index (χ3v) is 4.41. The smallest absolute Gasteiger partial charge is 0.387 e. The highest BCUT2D eigenvalue weighted by atomic mass is 19.4. The number of nitrogens with one attached hydrogen (secondary N) is 1. The molecule has 5 nitrogen and oxygen atoms in total. The van der Waals surface area contributed by atoms with E-state index in [4.69, 9.17) is 0 Å². The van der Waals surface area contributed by atoms with Crippen LogP contribution in [0.3, 0.4) is 0 Å². The zero-order valence-electron chi connectivity index (χ0n) is 13.5. The van der Waals surface area contributed by atoms with Crippen LogP contribution in [0.15, 0.2) is 24.3 Å². The van der Waals surface area contributed by atoms with E-state index in [9.17, 15) is 27.9 Å². The van der Waals surface area contributed by atoms with Crippen LogP contribution < -0.4 is 5.32 Å². The number of aliphatic hydroxyl groups is 1. The Morgan fingerprint density at radius 2 is 1.92 bits per heavy atom. The van der Waals surface area contributed by atoms with Gasteiger partial charge in [-0.1, -0.05) is 26.0 Å². The summed E-state index contributed by atoms with van der Waals surface area (Å²) in [4.78, 5) is 25.3. The minimum Gasteiger partial charge on any atom is -0.387 e. The number of halogens is 3. The Balaban J connectivity index is 2.20. The Morgan fingerprint density at radius 3 is 2.42 bits per heavy atom. The fourth-order valence-electron chi connectivity index (χ4n) is 2.47. The number of hydrogen-bond donors (Lipinski definition) is 2. The van der Waals surface area contributed by atoms with Crippen LogP contribution in [0.2, 0.25) is 0 Å². The van der Waals surface area contributed by atoms with Crippen LogP contribution in [0.5, 0.6) is 0 Å². The van der Waals surface area contributed by atoms with Gasteiger partial charge in [-0.15, -0.1) is 0 Å². The van der Waals surface area contributed by atoms with E-state index < -0.39 is 41.9 Å². The molecule has 1 aromatic rings. The van der Waals surface area contributed by atoms with Gasteiger partial charge in [0.15, 0.2) is 0 Å². The van der Waals surface area contributed by atoms with Crippen LogP contribution in [0.4, 0.5) is 18.0 Å². The van der Waals surface area contributed by atoms with Crippen molar-refractivity contribution in [3.63, 3.8) is 0 Å². The van der Waals surface area contributed by atoms with Gasteiger partial charge in [0.05, 0.1) is 18.2 Å². The molecule has 1 heterocycles. The van der Waals surface area contributed by atoms with Crippen molar-refractivity contribution >= 4 is 11.9 Å². The van der Waals surface area contributed by atoms with Gasteiger partial charge in [0, 0.05) is 0 Å². The lowest BCUT2D eigenvalue weighted by Crippen LogP contribution is -2.48. The molecule has 8 heteroatoms. The molecule has 1 aromatic carbocycles. The second-order valence-corrected chi connectivity index (χ2v) is 6.34. The highest BCUT2D eigenvalue weighted by Crippen LogP contribution is 2.32. The van der Waals surface area contributed by atoms with Crippen molar-refractivity contribution in [3.05, 3.63) is 35.4 Å². The van der Waals surface area contributed by atoms with Gasteiger partial charge in [0.1, 0.15) is 5.54 Å². The number of carbonyl (C=O) groups excluding carboxylic acids is 2. The summed E-state index contributed by atoms with van der Waals surface area (Å²) in [6.07, 6.45) is -5.94. The zero-order valence-corrected chi connectivity index (χ0v) is 13.5. The molecule has 1 aliphatic heterocycles. The van der Waals surface area contributed by atoms with Gasteiger partial charge >= 0.3 is 12.2 Å². The van der Waals surface area contributed by atoms with Crippen molar-refractivity contribution in [2.24, 2.45) is 5.92 Å². The first-order valence-electron chi connectivity index (χ1n) is 7.46. The van der Waals surface area contributed by atoms with Crippen LogP contribution in [0.1, 0.15) is 38.0 Å². The van der Waals surface area contributed by atoms with Gasteiger partial charge in [-0.2, -0.15) is 13.2 Å². The van der Waals surface area contributed by atoms with Gasteiger partial charge < -0.3 is 10.4 Å². The molecule has 0 aliphatic carbocycles. The van der Waals surface area contributed by atoms with Crippen LogP contribution in [-0.2, 0) is 11.0 Å². The van der Waals surface area contributed by atoms with E-state index in [-0.39, 0.29) is 11.5 Å². The van der Waals surface area contributed by atoms with Crippen molar-refractivity contribution in [1.82, 2.24) is 10.2 Å². The molecule has 3 amide bonds. The van der Waals surface area contributed by atoms with E-state index in [1.54, 1.807) is 20.8 Å². The molecule has 0 bridgehead atoms. The van der Waals surface area contributed by atoms with E-state index in [0.29, 0.717) is 0 Å². The average Bonchev–Trinajstić information content (AvgIpc) is 2.71. The number of urea groups is 1. The van der Waals surface area contributed by atoms with Gasteiger partial charge in [-0.25, -0.2) is 4.79 Å². The summed E-state index contributed by atoms with van der Waals surface area (Å²) >= 11 is 0. The molecule has 1 aliphatic rings. The fraction of sp³-hybridized carbons (Fsp3) is 0.500. The predicted molar refractivity (Wildman–Crippen MR) is 79.9 cm³/mol. The van der Waals surface area contributed by atoms with Crippen molar-refractivity contribution in [1.29, 1.82) is 0 Å². The summed E-state index contributed by atoms with van der Waals surface area (Å²) in [6.45, 7) is 4.71. The quantitative estimate of drug-likeness (QED) is 0.825. The molecule has 2 atom stereocenters. The number of benzene rings is 1. The second-order valence-electron chi connectivity index (χ2n) is 6.34.